The van der Waals surface area contributed by atoms with Crippen LogP contribution in [0.4, 0.5) is 4.39 Å². The van der Waals surface area contributed by atoms with Gasteiger partial charge in [-0.3, -0.25) is 9.78 Å². The number of nitrogens with zero attached hydrogens (tertiary/aromatic N) is 2. The Hall–Kier alpha value is -3.94. The number of ether oxygens (including phenoxy) is 2. The molecule has 1 saturated carbocycles. The van der Waals surface area contributed by atoms with E-state index in [1.54, 1.807) is 43.3 Å². The summed E-state index contributed by atoms with van der Waals surface area (Å²) in [6.45, 7) is 2.25. The van der Waals surface area contributed by atoms with Crippen molar-refractivity contribution in [2.24, 2.45) is 5.92 Å². The first-order valence-corrected chi connectivity index (χ1v) is 10.8. The molecule has 4 aromatic rings. The molecule has 0 unspecified atom stereocenters. The van der Waals surface area contributed by atoms with E-state index in [-0.39, 0.29) is 12.3 Å². The summed E-state index contributed by atoms with van der Waals surface area (Å²) in [5, 5.41) is 0.319. The molecule has 0 radical (unpaired) electrons. The van der Waals surface area contributed by atoms with Crippen LogP contribution in [0.15, 0.2) is 64.3 Å². The highest BCUT2D eigenvalue weighted by Crippen LogP contribution is 2.31. The Morgan fingerprint density at radius 3 is 2.76 bits per heavy atom. The number of nitrogens with one attached hydrogen (secondary N) is 1. The van der Waals surface area contributed by atoms with Crippen LogP contribution in [0.25, 0.3) is 16.6 Å². The van der Waals surface area contributed by atoms with Gasteiger partial charge in [0.2, 0.25) is 0 Å². The first-order valence-electron chi connectivity index (χ1n) is 10.8. The number of benzene rings is 2. The molecule has 168 valence electrons. The molecule has 33 heavy (non-hydrogen) atoms. The third-order valence-corrected chi connectivity index (χ3v) is 5.69. The van der Waals surface area contributed by atoms with Gasteiger partial charge in [0, 0.05) is 12.3 Å². The number of hydrogen-bond acceptors (Lipinski definition) is 5. The van der Waals surface area contributed by atoms with Crippen molar-refractivity contribution in [3.05, 3.63) is 92.6 Å². The molecule has 0 saturated heterocycles. The molecule has 2 heterocycles. The standard InChI is InChI=1S/C25H22FN3O4/c1-15-7-10-17(32-14-20-18(26)4-3-11-27-20)12-21(15)29-24(30)23-19(28-25(29)31)5-2-6-22(23)33-13-16-8-9-16/h2-7,10-12,16H,8-9,13-14H2,1H3,(H,28,31). The molecule has 1 aliphatic carbocycles. The summed E-state index contributed by atoms with van der Waals surface area (Å²) in [5.41, 5.74) is 0.621. The Morgan fingerprint density at radius 1 is 1.12 bits per heavy atom. The van der Waals surface area contributed by atoms with Crippen LogP contribution in [0, 0.1) is 18.7 Å². The highest BCUT2D eigenvalue weighted by Gasteiger charge is 2.23. The number of aromatic amines is 1. The predicted octanol–water partition coefficient (Wildman–Crippen LogP) is 3.89. The molecule has 0 spiro atoms. The van der Waals surface area contributed by atoms with Gasteiger partial charge in [-0.1, -0.05) is 12.1 Å². The van der Waals surface area contributed by atoms with Crippen LogP contribution in [0.1, 0.15) is 24.1 Å². The van der Waals surface area contributed by atoms with Crippen LogP contribution in [-0.2, 0) is 6.61 Å². The van der Waals surface area contributed by atoms with Crippen molar-refractivity contribution in [1.82, 2.24) is 14.5 Å². The lowest BCUT2D eigenvalue weighted by Crippen LogP contribution is -2.34. The maximum absolute atomic E-state index is 13.9. The molecule has 7 nitrogen and oxygen atoms in total. The van der Waals surface area contributed by atoms with E-state index in [1.165, 1.54) is 18.3 Å². The third kappa shape index (κ3) is 4.24. The Labute approximate surface area is 188 Å². The minimum atomic E-state index is -0.567. The van der Waals surface area contributed by atoms with Crippen LogP contribution >= 0.6 is 0 Å². The van der Waals surface area contributed by atoms with Gasteiger partial charge in [-0.2, -0.15) is 0 Å². The maximum atomic E-state index is 13.9. The summed E-state index contributed by atoms with van der Waals surface area (Å²) in [6, 6.07) is 13.0. The average Bonchev–Trinajstić information content (AvgIpc) is 3.63. The fourth-order valence-electron chi connectivity index (χ4n) is 3.66. The average molecular weight is 447 g/mol. The van der Waals surface area contributed by atoms with Gasteiger partial charge in [-0.05, 0) is 61.6 Å². The maximum Gasteiger partial charge on any atom is 0.333 e. The molecular formula is C25H22FN3O4. The second kappa shape index (κ2) is 8.54. The molecule has 5 rings (SSSR count). The third-order valence-electron chi connectivity index (χ3n) is 5.69. The zero-order valence-corrected chi connectivity index (χ0v) is 18.0. The van der Waals surface area contributed by atoms with E-state index in [0.717, 1.165) is 17.4 Å². The van der Waals surface area contributed by atoms with Gasteiger partial charge in [0.15, 0.2) is 0 Å². The Morgan fingerprint density at radius 2 is 1.97 bits per heavy atom. The van der Waals surface area contributed by atoms with E-state index in [2.05, 4.69) is 9.97 Å². The summed E-state index contributed by atoms with van der Waals surface area (Å²) >= 11 is 0. The SMILES string of the molecule is Cc1ccc(OCc2ncccc2F)cc1-n1c(=O)[nH]c2cccc(OCC3CC3)c2c1=O. The zero-order valence-electron chi connectivity index (χ0n) is 18.0. The fraction of sp³-hybridized carbons (Fsp3) is 0.240. The van der Waals surface area contributed by atoms with E-state index in [4.69, 9.17) is 9.47 Å². The van der Waals surface area contributed by atoms with Gasteiger partial charge >= 0.3 is 5.69 Å². The van der Waals surface area contributed by atoms with Crippen molar-refractivity contribution in [1.29, 1.82) is 0 Å². The molecule has 2 aromatic heterocycles. The number of hydrogen-bond donors (Lipinski definition) is 1. The lowest BCUT2D eigenvalue weighted by molar-refractivity contribution is 0.294. The topological polar surface area (TPSA) is 86.2 Å². The molecule has 0 amide bonds. The molecule has 0 bridgehead atoms. The van der Waals surface area contributed by atoms with E-state index in [1.807, 2.05) is 0 Å². The van der Waals surface area contributed by atoms with Crippen molar-refractivity contribution in [3.8, 4) is 17.2 Å². The molecular weight excluding hydrogens is 425 g/mol. The molecule has 0 atom stereocenters. The minimum Gasteiger partial charge on any atom is -0.492 e. The van der Waals surface area contributed by atoms with Gasteiger partial charge in [-0.15, -0.1) is 0 Å². The van der Waals surface area contributed by atoms with Crippen molar-refractivity contribution in [3.63, 3.8) is 0 Å². The second-order valence-electron chi connectivity index (χ2n) is 8.17. The lowest BCUT2D eigenvalue weighted by atomic mass is 10.1. The highest BCUT2D eigenvalue weighted by molar-refractivity contribution is 5.84. The van der Waals surface area contributed by atoms with Gasteiger partial charge in [-0.25, -0.2) is 13.8 Å². The Balaban J connectivity index is 1.54. The summed E-state index contributed by atoms with van der Waals surface area (Å²) in [6.07, 6.45) is 3.74. The summed E-state index contributed by atoms with van der Waals surface area (Å²) in [4.78, 5) is 33.1. The van der Waals surface area contributed by atoms with Crippen molar-refractivity contribution >= 4 is 10.9 Å². The van der Waals surface area contributed by atoms with E-state index >= 15 is 0 Å². The molecule has 1 aliphatic rings. The van der Waals surface area contributed by atoms with E-state index in [9.17, 15) is 14.0 Å². The number of H-pyrrole nitrogens is 1. The van der Waals surface area contributed by atoms with Gasteiger partial charge in [0.1, 0.15) is 35.0 Å². The number of rotatable bonds is 7. The normalized spacial score (nSPS) is 13.3. The summed E-state index contributed by atoms with van der Waals surface area (Å²) < 4.78 is 26.5. The van der Waals surface area contributed by atoms with E-state index < -0.39 is 17.1 Å². The predicted molar refractivity (Wildman–Crippen MR) is 122 cm³/mol. The summed E-state index contributed by atoms with van der Waals surface area (Å²) in [7, 11) is 0. The van der Waals surface area contributed by atoms with Crippen LogP contribution in [0.3, 0.4) is 0 Å². The van der Waals surface area contributed by atoms with Crippen molar-refractivity contribution in [2.45, 2.75) is 26.4 Å². The summed E-state index contributed by atoms with van der Waals surface area (Å²) in [5.74, 6) is 0.881. The second-order valence-corrected chi connectivity index (χ2v) is 8.17. The van der Waals surface area contributed by atoms with Gasteiger partial charge < -0.3 is 14.5 Å². The fourth-order valence-corrected chi connectivity index (χ4v) is 3.66. The minimum absolute atomic E-state index is 0.0860. The van der Waals surface area contributed by atoms with Crippen LogP contribution in [-0.4, -0.2) is 21.1 Å². The molecule has 1 N–H and O–H groups in total. The van der Waals surface area contributed by atoms with E-state index in [0.29, 0.717) is 46.2 Å². The molecule has 8 heteroatoms. The quantitative estimate of drug-likeness (QED) is 0.465. The van der Waals surface area contributed by atoms with Crippen LogP contribution < -0.4 is 20.7 Å². The lowest BCUT2D eigenvalue weighted by Gasteiger charge is -2.14. The van der Waals surface area contributed by atoms with Crippen molar-refractivity contribution < 1.29 is 13.9 Å². The number of aryl methyl sites for hydroxylation is 1. The largest absolute Gasteiger partial charge is 0.492 e. The number of halogens is 1. The Bertz CT molecular complexity index is 1460. The Kier molecular flexibility index (Phi) is 5.42. The monoisotopic (exact) mass is 447 g/mol. The zero-order chi connectivity index (χ0) is 22.9. The number of pyridine rings is 1. The van der Waals surface area contributed by atoms with Gasteiger partial charge in [0.25, 0.3) is 5.56 Å². The highest BCUT2D eigenvalue weighted by atomic mass is 19.1. The first kappa shape index (κ1) is 20.9. The van der Waals surface area contributed by atoms with Crippen LogP contribution in [0.5, 0.6) is 11.5 Å². The van der Waals surface area contributed by atoms with Crippen LogP contribution in [0.2, 0.25) is 0 Å². The van der Waals surface area contributed by atoms with Crippen molar-refractivity contribution in [2.75, 3.05) is 6.61 Å². The first-order chi connectivity index (χ1) is 16.0. The molecule has 0 aliphatic heterocycles. The number of fused-ring (bicyclic) bond motifs is 1. The smallest absolute Gasteiger partial charge is 0.333 e. The molecule has 2 aromatic carbocycles. The van der Waals surface area contributed by atoms with Gasteiger partial charge in [0.05, 0.1) is 17.8 Å². The number of aromatic nitrogens is 3. The molecule has 1 fully saturated rings.